The number of hydrogen-bond donors (Lipinski definition) is 1. The van der Waals surface area contributed by atoms with Crippen LogP contribution >= 0.6 is 0 Å². The van der Waals surface area contributed by atoms with Crippen LogP contribution in [0.1, 0.15) is 35.1 Å². The molecule has 1 aromatic heterocycles. The second kappa shape index (κ2) is 6.99. The molecule has 2 heterocycles. The minimum Gasteiger partial charge on any atom is -0.371 e. The molecule has 1 unspecified atom stereocenters. The van der Waals surface area contributed by atoms with Crippen LogP contribution in [0.4, 0.5) is 11.4 Å². The second-order valence-corrected chi connectivity index (χ2v) is 7.44. The maximum absolute atomic E-state index is 12.6. The van der Waals surface area contributed by atoms with Crippen molar-refractivity contribution in [2.24, 2.45) is 5.92 Å². The molecule has 4 rings (SSSR count). The molecule has 5 heteroatoms. The SMILES string of the molecule is Cc1nc2ccc(C(=O)Nc3ccc(N4CCC(C)C4)cc3)cc2nc1C. The van der Waals surface area contributed by atoms with Gasteiger partial charge in [-0.2, -0.15) is 0 Å². The van der Waals surface area contributed by atoms with Gasteiger partial charge < -0.3 is 10.2 Å². The molecule has 5 nitrogen and oxygen atoms in total. The summed E-state index contributed by atoms with van der Waals surface area (Å²) in [6.07, 6.45) is 1.24. The fourth-order valence-electron chi connectivity index (χ4n) is 3.50. The number of fused-ring (bicyclic) bond motifs is 1. The minimum atomic E-state index is -0.139. The first-order chi connectivity index (χ1) is 13.0. The van der Waals surface area contributed by atoms with Gasteiger partial charge in [0.1, 0.15) is 0 Å². The largest absolute Gasteiger partial charge is 0.371 e. The van der Waals surface area contributed by atoms with Gasteiger partial charge >= 0.3 is 0 Å². The highest BCUT2D eigenvalue weighted by Crippen LogP contribution is 2.25. The molecule has 1 N–H and O–H groups in total. The van der Waals surface area contributed by atoms with E-state index in [-0.39, 0.29) is 5.91 Å². The number of aryl methyl sites for hydroxylation is 2. The molecule has 138 valence electrons. The van der Waals surface area contributed by atoms with Gasteiger partial charge in [-0.3, -0.25) is 4.79 Å². The van der Waals surface area contributed by atoms with Gasteiger partial charge in [-0.15, -0.1) is 0 Å². The lowest BCUT2D eigenvalue weighted by Gasteiger charge is -2.18. The first-order valence-electron chi connectivity index (χ1n) is 9.41. The number of anilines is 2. The molecule has 3 aromatic rings. The Hall–Kier alpha value is -2.95. The lowest BCUT2D eigenvalue weighted by atomic mass is 10.1. The van der Waals surface area contributed by atoms with E-state index in [9.17, 15) is 4.79 Å². The van der Waals surface area contributed by atoms with Crippen LogP contribution in [-0.2, 0) is 0 Å². The Bertz CT molecular complexity index is 997. The van der Waals surface area contributed by atoms with Crippen molar-refractivity contribution in [3.05, 3.63) is 59.4 Å². The number of rotatable bonds is 3. The van der Waals surface area contributed by atoms with Crippen LogP contribution in [-0.4, -0.2) is 29.0 Å². The van der Waals surface area contributed by atoms with Crippen LogP contribution in [0.2, 0.25) is 0 Å². The van der Waals surface area contributed by atoms with E-state index in [1.165, 1.54) is 12.1 Å². The number of carbonyl (C=O) groups excluding carboxylic acids is 1. The van der Waals surface area contributed by atoms with Crippen LogP contribution in [0.5, 0.6) is 0 Å². The standard InChI is InChI=1S/C22H24N4O/c1-14-10-11-26(13-14)19-7-5-18(6-8-19)25-22(27)17-4-9-20-21(12-17)24-16(3)15(2)23-20/h4-9,12,14H,10-11,13H2,1-3H3,(H,25,27). The average Bonchev–Trinajstić information content (AvgIpc) is 3.09. The summed E-state index contributed by atoms with van der Waals surface area (Å²) in [4.78, 5) is 24.1. The van der Waals surface area contributed by atoms with Crippen molar-refractivity contribution in [1.82, 2.24) is 9.97 Å². The molecule has 0 spiro atoms. The van der Waals surface area contributed by atoms with Crippen LogP contribution in [0.25, 0.3) is 11.0 Å². The summed E-state index contributed by atoms with van der Waals surface area (Å²) < 4.78 is 0. The Kier molecular flexibility index (Phi) is 4.52. The van der Waals surface area contributed by atoms with E-state index in [0.717, 1.165) is 47.1 Å². The second-order valence-electron chi connectivity index (χ2n) is 7.44. The van der Waals surface area contributed by atoms with E-state index in [1.54, 1.807) is 12.1 Å². The van der Waals surface area contributed by atoms with Gasteiger partial charge in [0, 0.05) is 30.0 Å². The average molecular weight is 360 g/mol. The summed E-state index contributed by atoms with van der Waals surface area (Å²) in [7, 11) is 0. The number of hydrogen-bond acceptors (Lipinski definition) is 4. The fourth-order valence-corrected chi connectivity index (χ4v) is 3.50. The van der Waals surface area contributed by atoms with Gasteiger partial charge in [-0.25, -0.2) is 9.97 Å². The molecule has 0 radical (unpaired) electrons. The maximum atomic E-state index is 12.6. The Labute approximate surface area is 159 Å². The molecule has 1 aliphatic heterocycles. The van der Waals surface area contributed by atoms with Crippen LogP contribution < -0.4 is 10.2 Å². The van der Waals surface area contributed by atoms with E-state index >= 15 is 0 Å². The molecular formula is C22H24N4O. The molecular weight excluding hydrogens is 336 g/mol. The highest BCUT2D eigenvalue weighted by atomic mass is 16.1. The van der Waals surface area contributed by atoms with Gasteiger partial charge in [-0.05, 0) is 68.7 Å². The predicted octanol–water partition coefficient (Wildman–Crippen LogP) is 4.35. The highest BCUT2D eigenvalue weighted by Gasteiger charge is 2.18. The first-order valence-corrected chi connectivity index (χ1v) is 9.41. The summed E-state index contributed by atoms with van der Waals surface area (Å²) in [5, 5.41) is 2.97. The maximum Gasteiger partial charge on any atom is 0.255 e. The minimum absolute atomic E-state index is 0.139. The summed E-state index contributed by atoms with van der Waals surface area (Å²) in [5.41, 5.74) is 5.92. The van der Waals surface area contributed by atoms with Crippen LogP contribution in [0.15, 0.2) is 42.5 Å². The van der Waals surface area contributed by atoms with E-state index < -0.39 is 0 Å². The lowest BCUT2D eigenvalue weighted by molar-refractivity contribution is 0.102. The number of nitrogens with zero attached hydrogens (tertiary/aromatic N) is 3. The fraction of sp³-hybridized carbons (Fsp3) is 0.318. The van der Waals surface area contributed by atoms with Crippen molar-refractivity contribution < 1.29 is 4.79 Å². The Morgan fingerprint density at radius 3 is 2.41 bits per heavy atom. The molecule has 1 saturated heterocycles. The summed E-state index contributed by atoms with van der Waals surface area (Å²) in [6, 6.07) is 13.5. The topological polar surface area (TPSA) is 58.1 Å². The number of aromatic nitrogens is 2. The van der Waals surface area contributed by atoms with Crippen molar-refractivity contribution in [2.75, 3.05) is 23.3 Å². The molecule has 1 aliphatic rings. The van der Waals surface area contributed by atoms with Crippen molar-refractivity contribution in [1.29, 1.82) is 0 Å². The summed E-state index contributed by atoms with van der Waals surface area (Å²) in [6.45, 7) is 8.35. The predicted molar refractivity (Wildman–Crippen MR) is 109 cm³/mol. The molecule has 1 atom stereocenters. The zero-order chi connectivity index (χ0) is 19.0. The van der Waals surface area contributed by atoms with Crippen molar-refractivity contribution in [2.45, 2.75) is 27.2 Å². The smallest absolute Gasteiger partial charge is 0.255 e. The number of benzene rings is 2. The molecule has 1 fully saturated rings. The van der Waals surface area contributed by atoms with Crippen molar-refractivity contribution in [3.63, 3.8) is 0 Å². The zero-order valence-corrected chi connectivity index (χ0v) is 16.0. The third-order valence-electron chi connectivity index (χ3n) is 5.25. The molecule has 0 aliphatic carbocycles. The number of carbonyl (C=O) groups is 1. The van der Waals surface area contributed by atoms with Gasteiger partial charge in [0.15, 0.2) is 0 Å². The Balaban J connectivity index is 1.50. The summed E-state index contributed by atoms with van der Waals surface area (Å²) in [5.74, 6) is 0.604. The van der Waals surface area contributed by atoms with Crippen LogP contribution in [0, 0.1) is 19.8 Å². The van der Waals surface area contributed by atoms with E-state index in [4.69, 9.17) is 0 Å². The molecule has 2 aromatic carbocycles. The quantitative estimate of drug-likeness (QED) is 0.755. The zero-order valence-electron chi connectivity index (χ0n) is 16.0. The monoisotopic (exact) mass is 360 g/mol. The van der Waals surface area contributed by atoms with Gasteiger partial charge in [0.25, 0.3) is 5.91 Å². The number of amides is 1. The Morgan fingerprint density at radius 1 is 1.04 bits per heavy atom. The molecule has 0 saturated carbocycles. The van der Waals surface area contributed by atoms with Crippen molar-refractivity contribution >= 4 is 28.3 Å². The van der Waals surface area contributed by atoms with E-state index in [0.29, 0.717) is 5.56 Å². The third kappa shape index (κ3) is 3.63. The van der Waals surface area contributed by atoms with Crippen molar-refractivity contribution in [3.8, 4) is 0 Å². The third-order valence-corrected chi connectivity index (χ3v) is 5.25. The van der Waals surface area contributed by atoms with Crippen LogP contribution in [0.3, 0.4) is 0 Å². The highest BCUT2D eigenvalue weighted by molar-refractivity contribution is 6.05. The number of nitrogens with one attached hydrogen (secondary N) is 1. The van der Waals surface area contributed by atoms with E-state index in [1.807, 2.05) is 32.0 Å². The molecule has 0 bridgehead atoms. The van der Waals surface area contributed by atoms with Gasteiger partial charge in [0.05, 0.1) is 22.4 Å². The Morgan fingerprint density at radius 2 is 1.74 bits per heavy atom. The summed E-state index contributed by atoms with van der Waals surface area (Å²) >= 11 is 0. The van der Waals surface area contributed by atoms with Gasteiger partial charge in [-0.1, -0.05) is 6.92 Å². The van der Waals surface area contributed by atoms with E-state index in [2.05, 4.69) is 39.2 Å². The normalized spacial score (nSPS) is 16.7. The van der Waals surface area contributed by atoms with Gasteiger partial charge in [0.2, 0.25) is 0 Å². The molecule has 27 heavy (non-hydrogen) atoms. The lowest BCUT2D eigenvalue weighted by Crippen LogP contribution is -2.19. The molecule has 1 amide bonds. The first kappa shape index (κ1) is 17.5.